The smallest absolute Gasteiger partial charge is 0.407 e. The molecule has 0 saturated heterocycles. The summed E-state index contributed by atoms with van der Waals surface area (Å²) in [4.78, 5) is 24.9. The van der Waals surface area contributed by atoms with Gasteiger partial charge >= 0.3 is 12.1 Å². The van der Waals surface area contributed by atoms with Crippen LogP contribution in [0.25, 0.3) is 0 Å². The molecule has 0 spiro atoms. The summed E-state index contributed by atoms with van der Waals surface area (Å²) < 4.78 is 19.5. The molecule has 0 fully saturated rings. The van der Waals surface area contributed by atoms with Gasteiger partial charge in [-0.05, 0) is 75.3 Å². The van der Waals surface area contributed by atoms with Crippen molar-refractivity contribution < 1.29 is 23.5 Å². The van der Waals surface area contributed by atoms with Gasteiger partial charge < -0.3 is 19.2 Å². The number of esters is 1. The zero-order chi connectivity index (χ0) is 24.2. The topological polar surface area (TPSA) is 91.7 Å². The molecule has 2 unspecified atom stereocenters. The van der Waals surface area contributed by atoms with Gasteiger partial charge in [0.1, 0.15) is 5.60 Å². The Bertz CT molecular complexity index is 768. The van der Waals surface area contributed by atoms with Gasteiger partial charge in [0.15, 0.2) is 14.0 Å². The number of hydrogen-bond donors (Lipinski definition) is 1. The lowest BCUT2D eigenvalue weighted by Gasteiger charge is -2.40. The fourth-order valence-corrected chi connectivity index (χ4v) is 4.69. The molecule has 0 saturated carbocycles. The van der Waals surface area contributed by atoms with Crippen molar-refractivity contribution in [1.82, 2.24) is 15.1 Å². The van der Waals surface area contributed by atoms with Gasteiger partial charge in [-0.1, -0.05) is 20.8 Å². The van der Waals surface area contributed by atoms with E-state index >= 15 is 0 Å². The molecule has 0 radical (unpaired) electrons. The van der Waals surface area contributed by atoms with Crippen LogP contribution in [0.3, 0.4) is 0 Å². The molecule has 0 aromatic carbocycles. The molecule has 1 rings (SSSR count). The van der Waals surface area contributed by atoms with Crippen LogP contribution in [0, 0.1) is 3.57 Å². The number of rotatable bonds is 8. The molecular formula is C21H38IN3O5Si. The van der Waals surface area contributed by atoms with Gasteiger partial charge in [-0.15, -0.1) is 0 Å². The summed E-state index contributed by atoms with van der Waals surface area (Å²) in [5.41, 5.74) is -0.260. The molecule has 0 bridgehead atoms. The highest BCUT2D eigenvalue weighted by Crippen LogP contribution is 2.38. The average Bonchev–Trinajstić information content (AvgIpc) is 2.93. The lowest BCUT2D eigenvalue weighted by molar-refractivity contribution is 0.0478. The van der Waals surface area contributed by atoms with Gasteiger partial charge in [0.25, 0.3) is 0 Å². The zero-order valence-corrected chi connectivity index (χ0v) is 23.6. The third kappa shape index (κ3) is 8.05. The first-order chi connectivity index (χ1) is 14.0. The summed E-state index contributed by atoms with van der Waals surface area (Å²) >= 11 is 2.07. The second kappa shape index (κ2) is 10.6. The lowest BCUT2D eigenvalue weighted by atomic mass is 10.1. The van der Waals surface area contributed by atoms with E-state index in [1.165, 1.54) is 0 Å². The SMILES string of the molecule is CCOC(=O)c1c(I)cnn1C(CNC(=O)OC(C)(C)C)C(C)O[Si](C)(C)C(C)(C)C. The summed E-state index contributed by atoms with van der Waals surface area (Å²) in [5, 5.41) is 7.25. The van der Waals surface area contributed by atoms with E-state index in [4.69, 9.17) is 13.9 Å². The highest BCUT2D eigenvalue weighted by atomic mass is 127. The monoisotopic (exact) mass is 567 g/mol. The van der Waals surface area contributed by atoms with E-state index in [0.717, 1.165) is 0 Å². The van der Waals surface area contributed by atoms with Crippen LogP contribution in [0.2, 0.25) is 18.1 Å². The van der Waals surface area contributed by atoms with Gasteiger partial charge in [-0.2, -0.15) is 5.10 Å². The van der Waals surface area contributed by atoms with Gasteiger partial charge in [0.05, 0.1) is 28.5 Å². The van der Waals surface area contributed by atoms with Crippen LogP contribution in [-0.2, 0) is 13.9 Å². The number of halogens is 1. The Balaban J connectivity index is 3.26. The van der Waals surface area contributed by atoms with Crippen LogP contribution >= 0.6 is 22.6 Å². The number of ether oxygens (including phenoxy) is 2. The highest BCUT2D eigenvalue weighted by molar-refractivity contribution is 14.1. The molecule has 2 atom stereocenters. The maximum Gasteiger partial charge on any atom is 0.407 e. The minimum atomic E-state index is -2.11. The van der Waals surface area contributed by atoms with E-state index in [-0.39, 0.29) is 24.3 Å². The fourth-order valence-electron chi connectivity index (χ4n) is 2.66. The lowest BCUT2D eigenvalue weighted by Crippen LogP contribution is -2.48. The van der Waals surface area contributed by atoms with Gasteiger partial charge in [0, 0.05) is 6.54 Å². The summed E-state index contributed by atoms with van der Waals surface area (Å²) in [5.74, 6) is -0.453. The molecular weight excluding hydrogens is 529 g/mol. The Labute approximate surface area is 201 Å². The van der Waals surface area contributed by atoms with Crippen molar-refractivity contribution in [3.63, 3.8) is 0 Å². The fraction of sp³-hybridized carbons (Fsp3) is 0.762. The average molecular weight is 568 g/mol. The van der Waals surface area contributed by atoms with Crippen molar-refractivity contribution in [3.05, 3.63) is 15.5 Å². The van der Waals surface area contributed by atoms with Crippen LogP contribution < -0.4 is 5.32 Å². The zero-order valence-electron chi connectivity index (χ0n) is 20.5. The third-order valence-electron chi connectivity index (χ3n) is 5.22. The molecule has 178 valence electrons. The molecule has 0 aliphatic rings. The van der Waals surface area contributed by atoms with E-state index in [1.54, 1.807) is 17.8 Å². The number of nitrogens with one attached hydrogen (secondary N) is 1. The molecule has 31 heavy (non-hydrogen) atoms. The van der Waals surface area contributed by atoms with Gasteiger partial charge in [-0.3, -0.25) is 0 Å². The van der Waals surface area contributed by atoms with E-state index in [0.29, 0.717) is 9.26 Å². The molecule has 8 nitrogen and oxygen atoms in total. The van der Waals surface area contributed by atoms with Crippen molar-refractivity contribution >= 4 is 43.0 Å². The summed E-state index contributed by atoms with van der Waals surface area (Å²) in [6.07, 6.45) is 0.767. The molecule has 1 N–H and O–H groups in total. The second-order valence-electron chi connectivity index (χ2n) is 10.0. The number of hydrogen-bond acceptors (Lipinski definition) is 6. The van der Waals surface area contributed by atoms with Gasteiger partial charge in [0.2, 0.25) is 0 Å². The molecule has 0 aliphatic carbocycles. The van der Waals surface area contributed by atoms with E-state index < -0.39 is 32.0 Å². The molecule has 10 heteroatoms. The summed E-state index contributed by atoms with van der Waals surface area (Å²) in [6, 6.07) is -0.426. The number of carbonyl (C=O) groups is 2. The number of amides is 1. The Hall–Kier alpha value is -1.14. The number of carbonyl (C=O) groups excluding carboxylic acids is 2. The van der Waals surface area contributed by atoms with E-state index in [2.05, 4.69) is 66.9 Å². The Morgan fingerprint density at radius 2 is 1.81 bits per heavy atom. The number of aromatic nitrogens is 2. The first-order valence-corrected chi connectivity index (χ1v) is 14.5. The maximum atomic E-state index is 12.6. The second-order valence-corrected chi connectivity index (χ2v) is 16.0. The first kappa shape index (κ1) is 27.9. The van der Waals surface area contributed by atoms with Crippen LogP contribution in [0.5, 0.6) is 0 Å². The normalized spacial score (nSPS) is 14.7. The maximum absolute atomic E-state index is 12.6. The summed E-state index contributed by atoms with van der Waals surface area (Å²) in [7, 11) is -2.11. The Morgan fingerprint density at radius 3 is 2.29 bits per heavy atom. The van der Waals surface area contributed by atoms with Crippen molar-refractivity contribution in [2.75, 3.05) is 13.2 Å². The molecule has 1 heterocycles. The van der Waals surface area contributed by atoms with E-state index in [1.807, 2.05) is 27.7 Å². The van der Waals surface area contributed by atoms with Crippen molar-refractivity contribution in [1.29, 1.82) is 0 Å². The highest BCUT2D eigenvalue weighted by Gasteiger charge is 2.41. The van der Waals surface area contributed by atoms with Crippen LogP contribution in [-0.4, -0.2) is 55.0 Å². The standard InChI is InChI=1S/C21H38IN3O5Si/c1-11-28-18(26)17-15(22)12-24-25(17)16(13-23-19(27)29-20(3,4)5)14(2)30-31(9,10)21(6,7)8/h12,14,16H,11,13H2,1-10H3,(H,23,27). The first-order valence-electron chi connectivity index (χ1n) is 10.5. The molecule has 1 amide bonds. The predicted octanol–water partition coefficient (Wildman–Crippen LogP) is 5.14. The quantitative estimate of drug-likeness (QED) is 0.266. The number of alkyl carbamates (subject to hydrolysis) is 1. The molecule has 0 aliphatic heterocycles. The van der Waals surface area contributed by atoms with E-state index in [9.17, 15) is 9.59 Å². The van der Waals surface area contributed by atoms with Crippen molar-refractivity contribution in [2.24, 2.45) is 0 Å². The van der Waals surface area contributed by atoms with Crippen molar-refractivity contribution in [3.8, 4) is 0 Å². The molecule has 1 aromatic heterocycles. The van der Waals surface area contributed by atoms with Crippen LogP contribution in [0.1, 0.15) is 71.9 Å². The van der Waals surface area contributed by atoms with Gasteiger partial charge in [-0.25, -0.2) is 14.3 Å². The largest absolute Gasteiger partial charge is 0.461 e. The minimum absolute atomic E-state index is 0.00686. The van der Waals surface area contributed by atoms with Crippen molar-refractivity contribution in [2.45, 2.75) is 91.3 Å². The number of nitrogens with zero attached hydrogens (tertiary/aromatic N) is 2. The predicted molar refractivity (Wildman–Crippen MR) is 132 cm³/mol. The molecule has 1 aromatic rings. The Morgan fingerprint density at radius 1 is 1.23 bits per heavy atom. The summed E-state index contributed by atoms with van der Waals surface area (Å²) in [6.45, 7) is 20.4. The minimum Gasteiger partial charge on any atom is -0.461 e. The Kier molecular flexibility index (Phi) is 9.58. The van der Waals surface area contributed by atoms with Crippen LogP contribution in [0.15, 0.2) is 6.20 Å². The van der Waals surface area contributed by atoms with Crippen LogP contribution in [0.4, 0.5) is 4.79 Å². The third-order valence-corrected chi connectivity index (χ3v) is 10.6.